The summed E-state index contributed by atoms with van der Waals surface area (Å²) in [6, 6.07) is 6.15. The fourth-order valence-corrected chi connectivity index (χ4v) is 1.52. The summed E-state index contributed by atoms with van der Waals surface area (Å²) in [5, 5.41) is 16.7. The predicted molar refractivity (Wildman–Crippen MR) is 67.1 cm³/mol. The first-order valence-electron chi connectivity index (χ1n) is 5.50. The minimum Gasteiger partial charge on any atom is -0.431 e. The SMILES string of the molecule is Cc1nnc(Oc2c(N)cccc2F)c(C#N)c1C. The molecule has 1 aromatic heterocycles. The molecule has 1 aromatic carbocycles. The second-order valence-electron chi connectivity index (χ2n) is 3.96. The molecule has 2 rings (SSSR count). The number of aryl methyl sites for hydroxylation is 1. The van der Waals surface area contributed by atoms with Crippen LogP contribution < -0.4 is 10.5 Å². The summed E-state index contributed by atoms with van der Waals surface area (Å²) in [5.41, 5.74) is 7.24. The van der Waals surface area contributed by atoms with Gasteiger partial charge in [-0.15, -0.1) is 5.10 Å². The number of anilines is 1. The lowest BCUT2D eigenvalue weighted by Gasteiger charge is -2.10. The zero-order chi connectivity index (χ0) is 14.0. The van der Waals surface area contributed by atoms with Crippen LogP contribution in [0.4, 0.5) is 10.1 Å². The molecular weight excluding hydrogens is 247 g/mol. The van der Waals surface area contributed by atoms with Gasteiger partial charge in [-0.2, -0.15) is 10.4 Å². The van der Waals surface area contributed by atoms with Gasteiger partial charge in [0.25, 0.3) is 5.88 Å². The van der Waals surface area contributed by atoms with Crippen molar-refractivity contribution in [2.45, 2.75) is 13.8 Å². The quantitative estimate of drug-likeness (QED) is 0.836. The van der Waals surface area contributed by atoms with Gasteiger partial charge in [-0.25, -0.2) is 4.39 Å². The lowest BCUT2D eigenvalue weighted by molar-refractivity contribution is 0.421. The maximum Gasteiger partial charge on any atom is 0.257 e. The largest absolute Gasteiger partial charge is 0.431 e. The number of nitrogens with two attached hydrogens (primary N) is 1. The molecule has 96 valence electrons. The Morgan fingerprint density at radius 2 is 2.05 bits per heavy atom. The molecular formula is C13H11FN4O. The molecule has 0 aliphatic rings. The van der Waals surface area contributed by atoms with Crippen LogP contribution in [0.3, 0.4) is 0 Å². The Bertz CT molecular complexity index is 659. The monoisotopic (exact) mass is 258 g/mol. The molecule has 0 amide bonds. The minimum atomic E-state index is -0.621. The molecule has 0 aliphatic heterocycles. The molecule has 1 heterocycles. The van der Waals surface area contributed by atoms with Gasteiger partial charge in [-0.05, 0) is 31.5 Å². The number of para-hydroxylation sites is 1. The zero-order valence-corrected chi connectivity index (χ0v) is 10.4. The number of rotatable bonds is 2. The van der Waals surface area contributed by atoms with E-state index in [2.05, 4.69) is 10.2 Å². The number of aromatic nitrogens is 2. The fraction of sp³-hybridized carbons (Fsp3) is 0.154. The highest BCUT2D eigenvalue weighted by Crippen LogP contribution is 2.31. The molecule has 0 fully saturated rings. The van der Waals surface area contributed by atoms with Crippen molar-refractivity contribution in [3.8, 4) is 17.7 Å². The van der Waals surface area contributed by atoms with Crippen molar-refractivity contribution in [1.29, 1.82) is 5.26 Å². The second-order valence-corrected chi connectivity index (χ2v) is 3.96. The van der Waals surface area contributed by atoms with Crippen LogP contribution in [0.15, 0.2) is 18.2 Å². The van der Waals surface area contributed by atoms with Crippen LogP contribution >= 0.6 is 0 Å². The molecule has 6 heteroatoms. The number of hydrogen-bond acceptors (Lipinski definition) is 5. The summed E-state index contributed by atoms with van der Waals surface area (Å²) in [4.78, 5) is 0. The van der Waals surface area contributed by atoms with Gasteiger partial charge in [0.15, 0.2) is 11.6 Å². The molecule has 0 radical (unpaired) electrons. The lowest BCUT2D eigenvalue weighted by Crippen LogP contribution is -2.02. The Morgan fingerprint density at radius 1 is 1.32 bits per heavy atom. The van der Waals surface area contributed by atoms with Crippen LogP contribution in [-0.4, -0.2) is 10.2 Å². The summed E-state index contributed by atoms with van der Waals surface area (Å²) in [5.74, 6) is -0.831. The standard InChI is InChI=1S/C13H11FN4O/c1-7-8(2)17-18-13(9(7)6-15)19-12-10(14)4-3-5-11(12)16/h3-5H,16H2,1-2H3. The zero-order valence-electron chi connectivity index (χ0n) is 10.4. The van der Waals surface area contributed by atoms with Crippen LogP contribution in [0, 0.1) is 31.0 Å². The van der Waals surface area contributed by atoms with Crippen LogP contribution in [0.5, 0.6) is 11.6 Å². The van der Waals surface area contributed by atoms with E-state index in [1.165, 1.54) is 18.2 Å². The van der Waals surface area contributed by atoms with E-state index in [0.29, 0.717) is 11.3 Å². The van der Waals surface area contributed by atoms with Crippen molar-refractivity contribution in [2.24, 2.45) is 0 Å². The molecule has 0 spiro atoms. The molecule has 5 nitrogen and oxygen atoms in total. The summed E-state index contributed by atoms with van der Waals surface area (Å²) < 4.78 is 18.9. The number of benzene rings is 1. The summed E-state index contributed by atoms with van der Waals surface area (Å²) in [6.45, 7) is 3.45. The maximum atomic E-state index is 13.6. The third-order valence-corrected chi connectivity index (χ3v) is 2.73. The average molecular weight is 258 g/mol. The van der Waals surface area contributed by atoms with E-state index < -0.39 is 5.82 Å². The van der Waals surface area contributed by atoms with Crippen molar-refractivity contribution in [1.82, 2.24) is 10.2 Å². The molecule has 0 saturated heterocycles. The first kappa shape index (κ1) is 12.8. The van der Waals surface area contributed by atoms with Gasteiger partial charge < -0.3 is 10.5 Å². The highest BCUT2D eigenvalue weighted by Gasteiger charge is 2.16. The molecule has 0 aliphatic carbocycles. The first-order chi connectivity index (χ1) is 9.04. The van der Waals surface area contributed by atoms with Crippen molar-refractivity contribution in [3.05, 3.63) is 40.8 Å². The number of nitrogen functional groups attached to an aromatic ring is 1. The van der Waals surface area contributed by atoms with Crippen molar-refractivity contribution in [2.75, 3.05) is 5.73 Å². The van der Waals surface area contributed by atoms with Gasteiger partial charge in [-0.1, -0.05) is 6.07 Å². The first-order valence-corrected chi connectivity index (χ1v) is 5.50. The van der Waals surface area contributed by atoms with E-state index in [4.69, 9.17) is 15.7 Å². The Balaban J connectivity index is 2.51. The Labute approximate surface area is 109 Å². The van der Waals surface area contributed by atoms with E-state index in [0.717, 1.165) is 0 Å². The van der Waals surface area contributed by atoms with E-state index in [-0.39, 0.29) is 22.9 Å². The van der Waals surface area contributed by atoms with Gasteiger partial charge in [0.2, 0.25) is 0 Å². The van der Waals surface area contributed by atoms with Gasteiger partial charge in [0.05, 0.1) is 11.4 Å². The molecule has 19 heavy (non-hydrogen) atoms. The molecule has 0 bridgehead atoms. The second kappa shape index (κ2) is 4.90. The predicted octanol–water partition coefficient (Wildman–Crippen LogP) is 2.48. The Morgan fingerprint density at radius 3 is 2.68 bits per heavy atom. The van der Waals surface area contributed by atoms with E-state index in [1.807, 2.05) is 6.07 Å². The minimum absolute atomic E-state index is 0.0533. The van der Waals surface area contributed by atoms with Crippen LogP contribution in [-0.2, 0) is 0 Å². The van der Waals surface area contributed by atoms with Crippen molar-refractivity contribution in [3.63, 3.8) is 0 Å². The third-order valence-electron chi connectivity index (χ3n) is 2.73. The number of hydrogen-bond donors (Lipinski definition) is 1. The van der Waals surface area contributed by atoms with Crippen LogP contribution in [0.25, 0.3) is 0 Å². The Kier molecular flexibility index (Phi) is 3.29. The molecule has 0 atom stereocenters. The van der Waals surface area contributed by atoms with E-state index in [9.17, 15) is 4.39 Å². The third kappa shape index (κ3) is 2.31. The highest BCUT2D eigenvalue weighted by atomic mass is 19.1. The van der Waals surface area contributed by atoms with Gasteiger partial charge in [-0.3, -0.25) is 0 Å². The van der Waals surface area contributed by atoms with Crippen molar-refractivity contribution >= 4 is 5.69 Å². The van der Waals surface area contributed by atoms with E-state index >= 15 is 0 Å². The summed E-state index contributed by atoms with van der Waals surface area (Å²) >= 11 is 0. The normalized spacial score (nSPS) is 10.0. The molecule has 2 N–H and O–H groups in total. The van der Waals surface area contributed by atoms with Crippen molar-refractivity contribution < 1.29 is 9.13 Å². The number of nitrogens with zero attached hydrogens (tertiary/aromatic N) is 3. The van der Waals surface area contributed by atoms with Gasteiger partial charge >= 0.3 is 0 Å². The number of nitriles is 1. The van der Waals surface area contributed by atoms with Gasteiger partial charge in [0.1, 0.15) is 11.6 Å². The van der Waals surface area contributed by atoms with Gasteiger partial charge in [0, 0.05) is 0 Å². The lowest BCUT2D eigenvalue weighted by atomic mass is 10.1. The molecule has 0 unspecified atom stereocenters. The summed E-state index contributed by atoms with van der Waals surface area (Å²) in [7, 11) is 0. The van der Waals surface area contributed by atoms with E-state index in [1.54, 1.807) is 13.8 Å². The topological polar surface area (TPSA) is 84.8 Å². The molecule has 2 aromatic rings. The smallest absolute Gasteiger partial charge is 0.257 e. The average Bonchev–Trinajstić information content (AvgIpc) is 2.38. The van der Waals surface area contributed by atoms with Crippen LogP contribution in [0.2, 0.25) is 0 Å². The fourth-order valence-electron chi connectivity index (χ4n) is 1.52. The molecule has 0 saturated carbocycles. The maximum absolute atomic E-state index is 13.6. The number of ether oxygens (including phenoxy) is 1. The number of halogens is 1. The Hall–Kier alpha value is -2.68. The van der Waals surface area contributed by atoms with Crippen LogP contribution in [0.1, 0.15) is 16.8 Å². The summed E-state index contributed by atoms with van der Waals surface area (Å²) in [6.07, 6.45) is 0. The highest BCUT2D eigenvalue weighted by molar-refractivity contribution is 5.55.